The van der Waals surface area contributed by atoms with Crippen molar-refractivity contribution in [2.75, 3.05) is 5.32 Å². The van der Waals surface area contributed by atoms with E-state index < -0.39 is 0 Å². The molecule has 0 bridgehead atoms. The lowest BCUT2D eigenvalue weighted by Crippen LogP contribution is -2.31. The van der Waals surface area contributed by atoms with Gasteiger partial charge in [-0.2, -0.15) is 5.10 Å². The van der Waals surface area contributed by atoms with Gasteiger partial charge >= 0.3 is 0 Å². The van der Waals surface area contributed by atoms with Crippen molar-refractivity contribution in [2.24, 2.45) is 5.92 Å². The summed E-state index contributed by atoms with van der Waals surface area (Å²) in [5.74, 6) is 1.06. The number of aromatic nitrogens is 4. The zero-order valence-corrected chi connectivity index (χ0v) is 13.5. The number of nitrogens with one attached hydrogen (secondary N) is 2. The molecular formula is C18H19N5O. The lowest BCUT2D eigenvalue weighted by atomic mass is 9.98. The first-order valence-corrected chi connectivity index (χ1v) is 8.13. The summed E-state index contributed by atoms with van der Waals surface area (Å²) in [5, 5.41) is 10.1. The molecule has 4 rings (SSSR count). The molecule has 0 fully saturated rings. The fraction of sp³-hybridized carbons (Fsp3) is 0.278. The zero-order chi connectivity index (χ0) is 16.5. The van der Waals surface area contributed by atoms with Gasteiger partial charge in [0.15, 0.2) is 0 Å². The molecule has 1 atom stereocenters. The summed E-state index contributed by atoms with van der Waals surface area (Å²) in [6.07, 6.45) is 5.33. The highest BCUT2D eigenvalue weighted by molar-refractivity contribution is 5.95. The quantitative estimate of drug-likeness (QED) is 0.779. The second-order valence-corrected chi connectivity index (χ2v) is 6.20. The van der Waals surface area contributed by atoms with Crippen LogP contribution in [-0.4, -0.2) is 25.7 Å². The van der Waals surface area contributed by atoms with Crippen LogP contribution in [0.4, 0.5) is 5.69 Å². The molecule has 2 aromatic heterocycles. The number of benzene rings is 1. The predicted octanol–water partition coefficient (Wildman–Crippen LogP) is 2.78. The van der Waals surface area contributed by atoms with Crippen molar-refractivity contribution in [3.05, 3.63) is 54.2 Å². The molecule has 0 saturated carbocycles. The van der Waals surface area contributed by atoms with Crippen molar-refractivity contribution < 1.29 is 4.79 Å². The van der Waals surface area contributed by atoms with Gasteiger partial charge in [-0.05, 0) is 13.3 Å². The van der Waals surface area contributed by atoms with Crippen LogP contribution in [0.5, 0.6) is 0 Å². The highest BCUT2D eigenvalue weighted by Crippen LogP contribution is 2.27. The molecule has 0 radical (unpaired) electrons. The Kier molecular flexibility index (Phi) is 3.65. The first-order chi connectivity index (χ1) is 11.7. The van der Waals surface area contributed by atoms with Crippen molar-refractivity contribution in [2.45, 2.75) is 26.3 Å². The number of carbonyl (C=O) groups excluding carboxylic acids is 1. The molecule has 0 saturated heterocycles. The van der Waals surface area contributed by atoms with Crippen LogP contribution in [0.2, 0.25) is 0 Å². The number of amides is 1. The second-order valence-electron chi connectivity index (χ2n) is 6.20. The molecule has 3 heterocycles. The molecule has 1 aliphatic rings. The van der Waals surface area contributed by atoms with Gasteiger partial charge in [-0.3, -0.25) is 9.89 Å². The molecule has 1 aliphatic heterocycles. The van der Waals surface area contributed by atoms with E-state index in [1.54, 1.807) is 6.20 Å². The highest BCUT2D eigenvalue weighted by Gasteiger charge is 2.26. The molecule has 1 unspecified atom stereocenters. The average molecular weight is 321 g/mol. The van der Waals surface area contributed by atoms with E-state index in [0.717, 1.165) is 41.3 Å². The van der Waals surface area contributed by atoms with Crippen LogP contribution in [0.25, 0.3) is 11.3 Å². The van der Waals surface area contributed by atoms with Gasteiger partial charge in [-0.1, -0.05) is 30.3 Å². The zero-order valence-electron chi connectivity index (χ0n) is 13.5. The minimum atomic E-state index is -0.0513. The Morgan fingerprint density at radius 1 is 1.33 bits per heavy atom. The topological polar surface area (TPSA) is 75.6 Å². The fourth-order valence-electron chi connectivity index (χ4n) is 3.24. The minimum Gasteiger partial charge on any atom is -0.334 e. The van der Waals surface area contributed by atoms with Gasteiger partial charge in [0.2, 0.25) is 5.91 Å². The predicted molar refractivity (Wildman–Crippen MR) is 91.4 cm³/mol. The van der Waals surface area contributed by atoms with Gasteiger partial charge in [-0.25, -0.2) is 4.98 Å². The lowest BCUT2D eigenvalue weighted by molar-refractivity contribution is -0.120. The van der Waals surface area contributed by atoms with Crippen LogP contribution in [0.1, 0.15) is 17.9 Å². The number of imidazole rings is 1. The lowest BCUT2D eigenvalue weighted by Gasteiger charge is -2.22. The van der Waals surface area contributed by atoms with Crippen molar-refractivity contribution in [1.82, 2.24) is 19.7 Å². The van der Waals surface area contributed by atoms with E-state index in [9.17, 15) is 4.79 Å². The molecule has 0 aliphatic carbocycles. The van der Waals surface area contributed by atoms with Gasteiger partial charge in [0.1, 0.15) is 5.82 Å². The van der Waals surface area contributed by atoms with Crippen LogP contribution >= 0.6 is 0 Å². The molecule has 3 aromatic rings. The molecule has 24 heavy (non-hydrogen) atoms. The maximum atomic E-state index is 12.7. The Morgan fingerprint density at radius 3 is 3.00 bits per heavy atom. The van der Waals surface area contributed by atoms with Crippen LogP contribution < -0.4 is 5.32 Å². The number of hydrogen-bond acceptors (Lipinski definition) is 3. The Hall–Kier alpha value is -2.89. The summed E-state index contributed by atoms with van der Waals surface area (Å²) in [6, 6.07) is 9.87. The minimum absolute atomic E-state index is 0.0329. The fourth-order valence-corrected chi connectivity index (χ4v) is 3.24. The number of fused-ring (bicyclic) bond motifs is 1. The molecule has 0 spiro atoms. The molecule has 2 N–H and O–H groups in total. The average Bonchev–Trinajstić information content (AvgIpc) is 3.20. The molecule has 6 heteroatoms. The maximum Gasteiger partial charge on any atom is 0.229 e. The number of carbonyl (C=O) groups is 1. The number of aryl methyl sites for hydroxylation is 2. The molecule has 122 valence electrons. The van der Waals surface area contributed by atoms with E-state index in [-0.39, 0.29) is 11.8 Å². The van der Waals surface area contributed by atoms with E-state index in [1.165, 1.54) is 0 Å². The van der Waals surface area contributed by atoms with E-state index in [2.05, 4.69) is 25.1 Å². The summed E-state index contributed by atoms with van der Waals surface area (Å²) < 4.78 is 2.09. The number of nitrogens with zero attached hydrogens (tertiary/aromatic N) is 3. The molecule has 1 aromatic carbocycles. The summed E-state index contributed by atoms with van der Waals surface area (Å²) in [7, 11) is 0. The third kappa shape index (κ3) is 2.71. The van der Waals surface area contributed by atoms with Gasteiger partial charge in [0.25, 0.3) is 0 Å². The van der Waals surface area contributed by atoms with Crippen molar-refractivity contribution >= 4 is 11.6 Å². The summed E-state index contributed by atoms with van der Waals surface area (Å²) >= 11 is 0. The van der Waals surface area contributed by atoms with Crippen LogP contribution in [-0.2, 0) is 17.8 Å². The van der Waals surface area contributed by atoms with E-state index >= 15 is 0 Å². The Labute approximate surface area is 139 Å². The number of anilines is 1. The molecule has 6 nitrogen and oxygen atoms in total. The monoisotopic (exact) mass is 321 g/mol. The number of rotatable bonds is 3. The van der Waals surface area contributed by atoms with Gasteiger partial charge in [-0.15, -0.1) is 0 Å². The highest BCUT2D eigenvalue weighted by atomic mass is 16.1. The number of H-pyrrole nitrogens is 1. The largest absolute Gasteiger partial charge is 0.334 e. The third-order valence-electron chi connectivity index (χ3n) is 4.44. The van der Waals surface area contributed by atoms with Crippen LogP contribution in [0.15, 0.2) is 42.7 Å². The smallest absolute Gasteiger partial charge is 0.229 e. The van der Waals surface area contributed by atoms with Crippen molar-refractivity contribution in [3.8, 4) is 11.3 Å². The number of aromatic amines is 1. The van der Waals surface area contributed by atoms with E-state index in [0.29, 0.717) is 6.54 Å². The Balaban J connectivity index is 1.51. The Bertz CT molecular complexity index is 865. The number of hydrogen-bond donors (Lipinski definition) is 2. The summed E-state index contributed by atoms with van der Waals surface area (Å²) in [6.45, 7) is 2.67. The van der Waals surface area contributed by atoms with Gasteiger partial charge < -0.3 is 9.88 Å². The third-order valence-corrected chi connectivity index (χ3v) is 4.44. The van der Waals surface area contributed by atoms with Crippen LogP contribution in [0, 0.1) is 12.8 Å². The van der Waals surface area contributed by atoms with E-state index in [4.69, 9.17) is 0 Å². The van der Waals surface area contributed by atoms with E-state index in [1.807, 2.05) is 43.5 Å². The SMILES string of the molecule is Cc1cn2c(n1)CCC(C(=O)Nc1cn[nH]c1-c1ccccc1)C2. The summed E-state index contributed by atoms with van der Waals surface area (Å²) in [4.78, 5) is 17.2. The molecule has 1 amide bonds. The Morgan fingerprint density at radius 2 is 2.17 bits per heavy atom. The maximum absolute atomic E-state index is 12.7. The summed E-state index contributed by atoms with van der Waals surface area (Å²) in [5.41, 5.74) is 3.56. The molecular weight excluding hydrogens is 302 g/mol. The normalized spacial score (nSPS) is 16.6. The van der Waals surface area contributed by atoms with Crippen molar-refractivity contribution in [1.29, 1.82) is 0 Å². The first kappa shape index (κ1) is 14.7. The van der Waals surface area contributed by atoms with Crippen LogP contribution in [0.3, 0.4) is 0 Å². The second kappa shape index (κ2) is 5.96. The van der Waals surface area contributed by atoms with Gasteiger partial charge in [0, 0.05) is 24.7 Å². The first-order valence-electron chi connectivity index (χ1n) is 8.13. The van der Waals surface area contributed by atoms with Crippen molar-refractivity contribution in [3.63, 3.8) is 0 Å². The standard InChI is InChI=1S/C18H19N5O/c1-12-10-23-11-14(7-8-16(23)20-12)18(24)21-15-9-19-22-17(15)13-5-3-2-4-6-13/h2-6,9-10,14H,7-8,11H2,1H3,(H,19,22)(H,21,24). The van der Waals surface area contributed by atoms with Gasteiger partial charge in [0.05, 0.1) is 29.2 Å².